The summed E-state index contributed by atoms with van der Waals surface area (Å²) in [7, 11) is 2.97. The minimum atomic E-state index is -0.807. The van der Waals surface area contributed by atoms with Crippen molar-refractivity contribution < 1.29 is 18.7 Å². The number of ketones is 1. The van der Waals surface area contributed by atoms with Crippen LogP contribution in [0.15, 0.2) is 18.2 Å². The molecule has 0 aliphatic heterocycles. The summed E-state index contributed by atoms with van der Waals surface area (Å²) in [6.45, 7) is 2.12. The predicted octanol–water partition coefficient (Wildman–Crippen LogP) is 3.61. The van der Waals surface area contributed by atoms with Crippen LogP contribution in [-0.2, 0) is 4.74 Å². The van der Waals surface area contributed by atoms with Gasteiger partial charge in [0.2, 0.25) is 0 Å². The second-order valence-corrected chi connectivity index (χ2v) is 5.58. The molecule has 2 atom stereocenters. The molecule has 1 aliphatic rings. The molecule has 0 spiro atoms. The van der Waals surface area contributed by atoms with Gasteiger partial charge in [-0.3, -0.25) is 4.79 Å². The molecule has 1 fully saturated rings. The normalized spacial score (nSPS) is 26.3. The van der Waals surface area contributed by atoms with Gasteiger partial charge >= 0.3 is 0 Å². The van der Waals surface area contributed by atoms with Crippen LogP contribution in [-0.4, -0.2) is 25.6 Å². The molecule has 0 aromatic heterocycles. The molecule has 0 saturated heterocycles. The van der Waals surface area contributed by atoms with E-state index in [4.69, 9.17) is 9.47 Å². The summed E-state index contributed by atoms with van der Waals surface area (Å²) in [5, 5.41) is 0. The van der Waals surface area contributed by atoms with Crippen molar-refractivity contribution in [1.82, 2.24) is 0 Å². The molecule has 110 valence electrons. The summed E-state index contributed by atoms with van der Waals surface area (Å²) >= 11 is 0. The topological polar surface area (TPSA) is 35.5 Å². The average molecular weight is 280 g/mol. The van der Waals surface area contributed by atoms with Gasteiger partial charge < -0.3 is 9.47 Å². The number of halogens is 1. The van der Waals surface area contributed by atoms with Gasteiger partial charge in [0.15, 0.2) is 17.3 Å². The molecular formula is C16H21FO3. The van der Waals surface area contributed by atoms with E-state index in [1.807, 2.05) is 0 Å². The van der Waals surface area contributed by atoms with Gasteiger partial charge in [-0.15, -0.1) is 0 Å². The third-order valence-electron chi connectivity index (χ3n) is 4.17. The lowest BCUT2D eigenvalue weighted by Crippen LogP contribution is -2.44. The number of carbonyl (C=O) groups is 1. The van der Waals surface area contributed by atoms with Gasteiger partial charge in [-0.25, -0.2) is 4.39 Å². The highest BCUT2D eigenvalue weighted by Gasteiger charge is 2.42. The van der Waals surface area contributed by atoms with Crippen LogP contribution in [0.1, 0.15) is 43.0 Å². The van der Waals surface area contributed by atoms with E-state index in [0.717, 1.165) is 12.8 Å². The highest BCUT2D eigenvalue weighted by molar-refractivity contribution is 6.02. The molecule has 0 amide bonds. The first-order valence-electron chi connectivity index (χ1n) is 6.96. The standard InChI is InChI=1S/C16H21FO3/c1-11-5-4-8-16(10-11,20-3)15(18)12-6-7-14(19-2)13(17)9-12/h6-7,9,11H,4-5,8,10H2,1-3H3. The molecule has 1 aromatic carbocycles. The fourth-order valence-corrected chi connectivity index (χ4v) is 3.06. The van der Waals surface area contributed by atoms with E-state index >= 15 is 0 Å². The Labute approximate surface area is 119 Å². The van der Waals surface area contributed by atoms with Crippen LogP contribution >= 0.6 is 0 Å². The zero-order valence-corrected chi connectivity index (χ0v) is 12.2. The molecule has 1 aromatic rings. The molecule has 3 nitrogen and oxygen atoms in total. The van der Waals surface area contributed by atoms with Crippen LogP contribution < -0.4 is 4.74 Å². The number of benzene rings is 1. The van der Waals surface area contributed by atoms with Crippen LogP contribution in [0.25, 0.3) is 0 Å². The van der Waals surface area contributed by atoms with E-state index in [-0.39, 0.29) is 11.5 Å². The van der Waals surface area contributed by atoms with Crippen molar-refractivity contribution in [3.05, 3.63) is 29.6 Å². The zero-order chi connectivity index (χ0) is 14.8. The van der Waals surface area contributed by atoms with Crippen LogP contribution in [0.4, 0.5) is 4.39 Å². The molecular weight excluding hydrogens is 259 g/mol. The Morgan fingerprint density at radius 1 is 1.40 bits per heavy atom. The number of methoxy groups -OCH3 is 2. The van der Waals surface area contributed by atoms with Crippen LogP contribution in [0.2, 0.25) is 0 Å². The van der Waals surface area contributed by atoms with Crippen LogP contribution in [0.3, 0.4) is 0 Å². The highest BCUT2D eigenvalue weighted by Crippen LogP contribution is 2.37. The van der Waals surface area contributed by atoms with Gasteiger partial charge in [-0.05, 0) is 43.4 Å². The summed E-state index contributed by atoms with van der Waals surface area (Å²) in [4.78, 5) is 12.7. The molecule has 2 rings (SSSR count). The van der Waals surface area contributed by atoms with Crippen molar-refractivity contribution in [2.45, 2.75) is 38.2 Å². The summed E-state index contributed by atoms with van der Waals surface area (Å²) < 4.78 is 24.2. The first kappa shape index (κ1) is 15.0. The maximum absolute atomic E-state index is 13.8. The molecule has 0 bridgehead atoms. The Morgan fingerprint density at radius 2 is 2.15 bits per heavy atom. The van der Waals surface area contributed by atoms with Crippen molar-refractivity contribution in [3.8, 4) is 5.75 Å². The molecule has 1 saturated carbocycles. The number of carbonyl (C=O) groups excluding carboxylic acids is 1. The maximum Gasteiger partial charge on any atom is 0.194 e. The first-order chi connectivity index (χ1) is 9.52. The Balaban J connectivity index is 2.31. The Bertz CT molecular complexity index is 500. The molecule has 0 radical (unpaired) electrons. The Kier molecular flexibility index (Phi) is 4.43. The van der Waals surface area contributed by atoms with Gasteiger partial charge in [-0.2, -0.15) is 0 Å². The maximum atomic E-state index is 13.8. The second kappa shape index (κ2) is 5.92. The Morgan fingerprint density at radius 3 is 2.70 bits per heavy atom. The average Bonchev–Trinajstić information content (AvgIpc) is 2.46. The number of Topliss-reactive ketones (excluding diaryl/α,β-unsaturated/α-hetero) is 1. The lowest BCUT2D eigenvalue weighted by atomic mass is 9.75. The van der Waals surface area contributed by atoms with Gasteiger partial charge in [-0.1, -0.05) is 13.3 Å². The SMILES string of the molecule is COc1ccc(C(=O)C2(OC)CCCC(C)C2)cc1F. The molecule has 2 unspecified atom stereocenters. The van der Waals surface area contributed by atoms with Crippen molar-refractivity contribution in [2.75, 3.05) is 14.2 Å². The minimum Gasteiger partial charge on any atom is -0.494 e. The van der Waals surface area contributed by atoms with E-state index in [1.54, 1.807) is 13.2 Å². The lowest BCUT2D eigenvalue weighted by molar-refractivity contribution is -0.0302. The molecule has 0 N–H and O–H groups in total. The van der Waals surface area contributed by atoms with Gasteiger partial charge in [0, 0.05) is 12.7 Å². The first-order valence-corrected chi connectivity index (χ1v) is 6.96. The van der Waals surface area contributed by atoms with E-state index in [0.29, 0.717) is 24.3 Å². The van der Waals surface area contributed by atoms with E-state index in [1.165, 1.54) is 19.2 Å². The predicted molar refractivity (Wildman–Crippen MR) is 74.7 cm³/mol. The summed E-state index contributed by atoms with van der Waals surface area (Å²) in [6, 6.07) is 4.32. The van der Waals surface area contributed by atoms with E-state index in [2.05, 4.69) is 6.92 Å². The van der Waals surface area contributed by atoms with Crippen LogP contribution in [0, 0.1) is 11.7 Å². The van der Waals surface area contributed by atoms with Crippen LogP contribution in [0.5, 0.6) is 5.75 Å². The van der Waals surface area contributed by atoms with Gasteiger partial charge in [0.1, 0.15) is 5.60 Å². The van der Waals surface area contributed by atoms with Crippen molar-refractivity contribution in [3.63, 3.8) is 0 Å². The molecule has 4 heteroatoms. The number of hydrogen-bond acceptors (Lipinski definition) is 3. The quantitative estimate of drug-likeness (QED) is 0.790. The fourth-order valence-electron chi connectivity index (χ4n) is 3.06. The monoisotopic (exact) mass is 280 g/mol. The second-order valence-electron chi connectivity index (χ2n) is 5.58. The molecule has 1 aliphatic carbocycles. The largest absolute Gasteiger partial charge is 0.494 e. The zero-order valence-electron chi connectivity index (χ0n) is 12.2. The number of hydrogen-bond donors (Lipinski definition) is 0. The van der Waals surface area contributed by atoms with Gasteiger partial charge in [0.05, 0.1) is 7.11 Å². The molecule has 0 heterocycles. The Hall–Kier alpha value is -1.42. The third kappa shape index (κ3) is 2.70. The molecule has 20 heavy (non-hydrogen) atoms. The van der Waals surface area contributed by atoms with Crippen molar-refractivity contribution in [1.29, 1.82) is 0 Å². The lowest BCUT2D eigenvalue weighted by Gasteiger charge is -2.37. The minimum absolute atomic E-state index is 0.131. The van der Waals surface area contributed by atoms with Crippen molar-refractivity contribution >= 4 is 5.78 Å². The third-order valence-corrected chi connectivity index (χ3v) is 4.17. The summed E-state index contributed by atoms with van der Waals surface area (Å²) in [5.41, 5.74) is -0.460. The number of ether oxygens (including phenoxy) is 2. The van der Waals surface area contributed by atoms with Crippen molar-refractivity contribution in [2.24, 2.45) is 5.92 Å². The number of rotatable bonds is 4. The van der Waals surface area contributed by atoms with E-state index < -0.39 is 11.4 Å². The fraction of sp³-hybridized carbons (Fsp3) is 0.562. The highest BCUT2D eigenvalue weighted by atomic mass is 19.1. The van der Waals surface area contributed by atoms with E-state index in [9.17, 15) is 9.18 Å². The van der Waals surface area contributed by atoms with Gasteiger partial charge in [0.25, 0.3) is 0 Å². The summed E-state index contributed by atoms with van der Waals surface area (Å²) in [5.74, 6) is -0.0673. The summed E-state index contributed by atoms with van der Waals surface area (Å²) in [6.07, 6.45) is 3.45. The smallest absolute Gasteiger partial charge is 0.194 e.